The van der Waals surface area contributed by atoms with Gasteiger partial charge in [-0.05, 0) is 25.0 Å². The highest BCUT2D eigenvalue weighted by molar-refractivity contribution is 6.71. The SMILES string of the molecule is NC(=O)C1CC=CC(N2c3ccccc3[B]c3ccccc32)C1. The van der Waals surface area contributed by atoms with Crippen molar-refractivity contribution in [1.82, 2.24) is 0 Å². The number of carbonyl (C=O) groups is 1. The Morgan fingerprint density at radius 3 is 2.26 bits per heavy atom. The maximum absolute atomic E-state index is 11.6. The van der Waals surface area contributed by atoms with E-state index in [4.69, 9.17) is 5.73 Å². The van der Waals surface area contributed by atoms with Crippen molar-refractivity contribution in [1.29, 1.82) is 0 Å². The summed E-state index contributed by atoms with van der Waals surface area (Å²) in [4.78, 5) is 14.0. The average Bonchev–Trinajstić information content (AvgIpc) is 2.59. The molecule has 2 aromatic carbocycles. The number of allylic oxidation sites excluding steroid dienone is 1. The maximum Gasteiger partial charge on any atom is 0.220 e. The van der Waals surface area contributed by atoms with Gasteiger partial charge in [-0.2, -0.15) is 0 Å². The Balaban J connectivity index is 1.80. The van der Waals surface area contributed by atoms with Crippen molar-refractivity contribution in [2.24, 2.45) is 11.7 Å². The summed E-state index contributed by atoms with van der Waals surface area (Å²) in [6.07, 6.45) is 5.80. The van der Waals surface area contributed by atoms with Crippen LogP contribution in [-0.4, -0.2) is 19.2 Å². The van der Waals surface area contributed by atoms with Gasteiger partial charge in [-0.3, -0.25) is 4.79 Å². The van der Waals surface area contributed by atoms with Gasteiger partial charge in [0.1, 0.15) is 0 Å². The lowest BCUT2D eigenvalue weighted by Gasteiger charge is -2.40. The predicted molar refractivity (Wildman–Crippen MR) is 94.9 cm³/mol. The predicted octanol–water partition coefficient (Wildman–Crippen LogP) is 1.61. The average molecular weight is 301 g/mol. The summed E-state index contributed by atoms with van der Waals surface area (Å²) in [5, 5.41) is 0. The molecule has 23 heavy (non-hydrogen) atoms. The van der Waals surface area contributed by atoms with Crippen LogP contribution in [0.5, 0.6) is 0 Å². The quantitative estimate of drug-likeness (QED) is 0.677. The second kappa shape index (κ2) is 5.62. The maximum atomic E-state index is 11.6. The van der Waals surface area contributed by atoms with Crippen LogP contribution in [0.4, 0.5) is 11.4 Å². The van der Waals surface area contributed by atoms with Crippen LogP contribution in [0.15, 0.2) is 60.7 Å². The molecule has 4 rings (SSSR count). The minimum Gasteiger partial charge on any atom is -0.369 e. The lowest BCUT2D eigenvalue weighted by atomic mass is 9.60. The summed E-state index contributed by atoms with van der Waals surface area (Å²) >= 11 is 0. The molecule has 1 heterocycles. The van der Waals surface area contributed by atoms with Gasteiger partial charge >= 0.3 is 0 Å². The van der Waals surface area contributed by atoms with Crippen LogP contribution in [0.3, 0.4) is 0 Å². The van der Waals surface area contributed by atoms with E-state index in [0.29, 0.717) is 0 Å². The Morgan fingerprint density at radius 1 is 1.04 bits per heavy atom. The number of primary amides is 1. The molecule has 2 unspecified atom stereocenters. The number of fused-ring (bicyclic) bond motifs is 2. The van der Waals surface area contributed by atoms with E-state index in [9.17, 15) is 4.79 Å². The van der Waals surface area contributed by atoms with Gasteiger partial charge in [0.05, 0.1) is 6.04 Å². The number of para-hydroxylation sites is 2. The zero-order valence-corrected chi connectivity index (χ0v) is 12.9. The number of nitrogens with zero attached hydrogens (tertiary/aromatic N) is 1. The fourth-order valence-corrected chi connectivity index (χ4v) is 3.60. The first kappa shape index (κ1) is 14.1. The Labute approximate surface area is 137 Å². The molecule has 0 saturated carbocycles. The molecule has 0 bridgehead atoms. The molecule has 0 aromatic heterocycles. The number of carbonyl (C=O) groups excluding carboxylic acids is 1. The molecular formula is C19H18BN2O. The van der Waals surface area contributed by atoms with Gasteiger partial charge in [0, 0.05) is 17.3 Å². The highest BCUT2D eigenvalue weighted by Gasteiger charge is 2.31. The van der Waals surface area contributed by atoms with Gasteiger partial charge in [-0.25, -0.2) is 0 Å². The van der Waals surface area contributed by atoms with Gasteiger partial charge in [-0.1, -0.05) is 59.5 Å². The number of nitrogens with two attached hydrogens (primary N) is 1. The molecular weight excluding hydrogens is 283 g/mol. The van der Waals surface area contributed by atoms with Crippen LogP contribution in [0.2, 0.25) is 0 Å². The molecule has 2 atom stereocenters. The molecule has 2 aliphatic rings. The van der Waals surface area contributed by atoms with Gasteiger partial charge in [0.25, 0.3) is 0 Å². The van der Waals surface area contributed by atoms with Crippen molar-refractivity contribution in [2.45, 2.75) is 18.9 Å². The van der Waals surface area contributed by atoms with Crippen molar-refractivity contribution < 1.29 is 4.79 Å². The number of amides is 1. The number of hydrogen-bond donors (Lipinski definition) is 1. The zero-order chi connectivity index (χ0) is 15.8. The third-order valence-corrected chi connectivity index (χ3v) is 4.74. The van der Waals surface area contributed by atoms with E-state index in [1.54, 1.807) is 0 Å². The molecule has 113 valence electrons. The number of hydrogen-bond acceptors (Lipinski definition) is 2. The van der Waals surface area contributed by atoms with Gasteiger partial charge in [0.2, 0.25) is 5.91 Å². The molecule has 3 nitrogen and oxygen atoms in total. The van der Waals surface area contributed by atoms with Crippen LogP contribution < -0.4 is 21.6 Å². The van der Waals surface area contributed by atoms with Crippen LogP contribution >= 0.6 is 0 Å². The molecule has 2 N–H and O–H groups in total. The van der Waals surface area contributed by atoms with Crippen molar-refractivity contribution in [3.05, 3.63) is 60.7 Å². The van der Waals surface area contributed by atoms with Crippen molar-refractivity contribution in [2.75, 3.05) is 4.90 Å². The smallest absolute Gasteiger partial charge is 0.220 e. The normalized spacial score (nSPS) is 22.0. The molecule has 2 aromatic rings. The molecule has 0 fully saturated rings. The molecule has 1 amide bonds. The molecule has 0 spiro atoms. The first-order valence-corrected chi connectivity index (χ1v) is 8.02. The summed E-state index contributed by atoms with van der Waals surface area (Å²) < 4.78 is 0. The van der Waals surface area contributed by atoms with E-state index >= 15 is 0 Å². The Bertz CT molecular complexity index is 741. The second-order valence-corrected chi connectivity index (χ2v) is 6.20. The first-order valence-electron chi connectivity index (χ1n) is 8.02. The lowest BCUT2D eigenvalue weighted by Crippen LogP contribution is -2.47. The second-order valence-electron chi connectivity index (χ2n) is 6.20. The Kier molecular flexibility index (Phi) is 3.45. The van der Waals surface area contributed by atoms with E-state index in [1.807, 2.05) is 0 Å². The highest BCUT2D eigenvalue weighted by Crippen LogP contribution is 2.33. The standard InChI is InChI=1S/C19H18BN2O/c21-19(23)13-6-5-7-14(12-13)22-17-10-3-1-8-15(17)20-16-9-2-4-11-18(16)22/h1-5,7-11,13-14H,6,12H2,(H2,21,23). The van der Waals surface area contributed by atoms with Gasteiger partial charge in [0.15, 0.2) is 7.28 Å². The highest BCUT2D eigenvalue weighted by atomic mass is 16.1. The van der Waals surface area contributed by atoms with E-state index in [0.717, 1.165) is 12.8 Å². The van der Waals surface area contributed by atoms with Crippen LogP contribution in [0, 0.1) is 5.92 Å². The minimum atomic E-state index is -0.204. The zero-order valence-electron chi connectivity index (χ0n) is 12.9. The Morgan fingerprint density at radius 2 is 1.65 bits per heavy atom. The van der Waals surface area contributed by atoms with Gasteiger partial charge < -0.3 is 10.6 Å². The number of benzene rings is 2. The monoisotopic (exact) mass is 301 g/mol. The van der Waals surface area contributed by atoms with Crippen LogP contribution in [0.25, 0.3) is 0 Å². The minimum absolute atomic E-state index is 0.0877. The molecule has 4 heteroatoms. The third kappa shape index (κ3) is 2.44. The first-order chi connectivity index (χ1) is 11.2. The molecule has 0 saturated heterocycles. The lowest BCUT2D eigenvalue weighted by molar-refractivity contribution is -0.122. The van der Waals surface area contributed by atoms with Crippen molar-refractivity contribution >= 4 is 35.5 Å². The van der Waals surface area contributed by atoms with E-state index in [1.165, 1.54) is 22.3 Å². The van der Waals surface area contributed by atoms with Crippen LogP contribution in [0.1, 0.15) is 12.8 Å². The topological polar surface area (TPSA) is 46.3 Å². The third-order valence-electron chi connectivity index (χ3n) is 4.74. The summed E-state index contributed by atoms with van der Waals surface area (Å²) in [7, 11) is 2.22. The van der Waals surface area contributed by atoms with E-state index < -0.39 is 0 Å². The summed E-state index contributed by atoms with van der Waals surface area (Å²) in [6, 6.07) is 16.9. The summed E-state index contributed by atoms with van der Waals surface area (Å²) in [6.45, 7) is 0. The largest absolute Gasteiger partial charge is 0.369 e. The summed E-state index contributed by atoms with van der Waals surface area (Å²) in [5.74, 6) is -0.292. The van der Waals surface area contributed by atoms with Crippen molar-refractivity contribution in [3.8, 4) is 0 Å². The Hall–Kier alpha value is -2.49. The van der Waals surface area contributed by atoms with E-state index in [-0.39, 0.29) is 17.9 Å². The fraction of sp³-hybridized carbons (Fsp3) is 0.211. The number of anilines is 2. The molecule has 1 radical (unpaired) electrons. The fourth-order valence-electron chi connectivity index (χ4n) is 3.60. The molecule has 1 aliphatic heterocycles. The molecule has 1 aliphatic carbocycles. The van der Waals surface area contributed by atoms with E-state index in [2.05, 4.69) is 72.9 Å². The van der Waals surface area contributed by atoms with Crippen molar-refractivity contribution in [3.63, 3.8) is 0 Å². The van der Waals surface area contributed by atoms with Crippen LogP contribution in [-0.2, 0) is 4.79 Å². The number of rotatable bonds is 2. The summed E-state index contributed by atoms with van der Waals surface area (Å²) in [5.41, 5.74) is 10.3. The van der Waals surface area contributed by atoms with Gasteiger partial charge in [-0.15, -0.1) is 0 Å².